The van der Waals surface area contributed by atoms with Crippen LogP contribution in [0.5, 0.6) is 0 Å². The highest BCUT2D eigenvalue weighted by molar-refractivity contribution is 4.82. The third kappa shape index (κ3) is 3.12. The summed E-state index contributed by atoms with van der Waals surface area (Å²) in [6.07, 6.45) is 1.53. The molecule has 1 aromatic rings. The van der Waals surface area contributed by atoms with Crippen LogP contribution in [0.1, 0.15) is 12.7 Å². The molecular formula is C8H16N4O. The molecule has 1 rings (SSSR count). The van der Waals surface area contributed by atoms with E-state index >= 15 is 0 Å². The van der Waals surface area contributed by atoms with Gasteiger partial charge in [0.05, 0.1) is 6.54 Å². The monoisotopic (exact) mass is 184 g/mol. The fourth-order valence-corrected chi connectivity index (χ4v) is 0.975. The first-order valence-corrected chi connectivity index (χ1v) is 4.38. The molecule has 0 saturated carbocycles. The molecule has 74 valence electrons. The zero-order valence-corrected chi connectivity index (χ0v) is 8.06. The van der Waals surface area contributed by atoms with Gasteiger partial charge in [-0.05, 0) is 5.92 Å². The van der Waals surface area contributed by atoms with Crippen LogP contribution >= 0.6 is 0 Å². The van der Waals surface area contributed by atoms with E-state index in [0.29, 0.717) is 6.54 Å². The fraction of sp³-hybridized carbons (Fsp3) is 0.750. The van der Waals surface area contributed by atoms with Gasteiger partial charge in [0.15, 0.2) is 0 Å². The Morgan fingerprint density at radius 3 is 3.00 bits per heavy atom. The summed E-state index contributed by atoms with van der Waals surface area (Å²) >= 11 is 0. The third-order valence-corrected chi connectivity index (χ3v) is 1.89. The molecule has 1 atom stereocenters. The third-order valence-electron chi connectivity index (χ3n) is 1.89. The molecule has 0 spiro atoms. The molecule has 13 heavy (non-hydrogen) atoms. The van der Waals surface area contributed by atoms with Crippen molar-refractivity contribution in [2.45, 2.75) is 13.5 Å². The van der Waals surface area contributed by atoms with Crippen molar-refractivity contribution in [3.8, 4) is 0 Å². The van der Waals surface area contributed by atoms with E-state index in [2.05, 4.69) is 15.4 Å². The van der Waals surface area contributed by atoms with Gasteiger partial charge in [0, 0.05) is 20.2 Å². The predicted molar refractivity (Wildman–Crippen MR) is 49.0 cm³/mol. The fourth-order valence-electron chi connectivity index (χ4n) is 0.975. The molecule has 0 aliphatic heterocycles. The number of hydrogen-bond acceptors (Lipinski definition) is 4. The van der Waals surface area contributed by atoms with Crippen molar-refractivity contribution < 1.29 is 5.11 Å². The van der Waals surface area contributed by atoms with Crippen LogP contribution in [0.25, 0.3) is 0 Å². The highest BCUT2D eigenvalue weighted by Crippen LogP contribution is 1.92. The summed E-state index contributed by atoms with van der Waals surface area (Å²) in [7, 11) is 1.86. The van der Waals surface area contributed by atoms with Crippen molar-refractivity contribution in [1.29, 1.82) is 0 Å². The predicted octanol–water partition coefficient (Wildman–Crippen LogP) is -0.467. The van der Waals surface area contributed by atoms with Gasteiger partial charge in [-0.1, -0.05) is 6.92 Å². The number of aryl methyl sites for hydroxylation is 1. The van der Waals surface area contributed by atoms with E-state index < -0.39 is 0 Å². The van der Waals surface area contributed by atoms with E-state index in [0.717, 1.165) is 12.4 Å². The minimum absolute atomic E-state index is 0.214. The molecule has 5 nitrogen and oxygen atoms in total. The molecule has 0 aromatic carbocycles. The first-order valence-electron chi connectivity index (χ1n) is 4.38. The smallest absolute Gasteiger partial charge is 0.140 e. The van der Waals surface area contributed by atoms with Crippen molar-refractivity contribution in [2.75, 3.05) is 13.2 Å². The molecule has 0 amide bonds. The molecule has 2 N–H and O–H groups in total. The van der Waals surface area contributed by atoms with Crippen LogP contribution in [-0.2, 0) is 13.6 Å². The molecule has 0 saturated heterocycles. The Bertz CT molecular complexity index is 248. The molecule has 1 aromatic heterocycles. The van der Waals surface area contributed by atoms with Gasteiger partial charge >= 0.3 is 0 Å². The van der Waals surface area contributed by atoms with E-state index in [1.165, 1.54) is 6.33 Å². The van der Waals surface area contributed by atoms with Gasteiger partial charge in [-0.2, -0.15) is 5.10 Å². The Hall–Kier alpha value is -0.940. The second-order valence-electron chi connectivity index (χ2n) is 3.22. The van der Waals surface area contributed by atoms with Crippen LogP contribution in [0.2, 0.25) is 0 Å². The maximum Gasteiger partial charge on any atom is 0.140 e. The van der Waals surface area contributed by atoms with Gasteiger partial charge in [-0.15, -0.1) is 0 Å². The summed E-state index contributed by atoms with van der Waals surface area (Å²) < 4.78 is 1.73. The van der Waals surface area contributed by atoms with Gasteiger partial charge < -0.3 is 10.4 Å². The molecular weight excluding hydrogens is 168 g/mol. The Labute approximate surface area is 77.8 Å². The van der Waals surface area contributed by atoms with Crippen LogP contribution in [-0.4, -0.2) is 33.0 Å². The van der Waals surface area contributed by atoms with Crippen molar-refractivity contribution in [1.82, 2.24) is 20.1 Å². The van der Waals surface area contributed by atoms with E-state index in [1.807, 2.05) is 14.0 Å². The lowest BCUT2D eigenvalue weighted by Gasteiger charge is -2.08. The maximum atomic E-state index is 8.77. The summed E-state index contributed by atoms with van der Waals surface area (Å²) in [6, 6.07) is 0. The number of rotatable bonds is 5. The molecule has 0 bridgehead atoms. The molecule has 5 heteroatoms. The summed E-state index contributed by atoms with van der Waals surface area (Å²) in [5.41, 5.74) is 0. The lowest BCUT2D eigenvalue weighted by Crippen LogP contribution is -2.24. The van der Waals surface area contributed by atoms with Gasteiger partial charge in [-0.3, -0.25) is 4.68 Å². The second kappa shape index (κ2) is 4.94. The normalized spacial score (nSPS) is 13.2. The van der Waals surface area contributed by atoms with Crippen LogP contribution < -0.4 is 5.32 Å². The van der Waals surface area contributed by atoms with Crippen molar-refractivity contribution in [3.05, 3.63) is 12.2 Å². The average molecular weight is 184 g/mol. The highest BCUT2D eigenvalue weighted by atomic mass is 16.3. The number of aromatic nitrogens is 3. The topological polar surface area (TPSA) is 63.0 Å². The van der Waals surface area contributed by atoms with Crippen LogP contribution in [0.15, 0.2) is 6.33 Å². The van der Waals surface area contributed by atoms with Gasteiger partial charge in [-0.25, -0.2) is 4.98 Å². The number of nitrogens with one attached hydrogen (secondary N) is 1. The van der Waals surface area contributed by atoms with Crippen molar-refractivity contribution in [3.63, 3.8) is 0 Å². The van der Waals surface area contributed by atoms with Crippen LogP contribution in [0.4, 0.5) is 0 Å². The van der Waals surface area contributed by atoms with Gasteiger partial charge in [0.25, 0.3) is 0 Å². The lowest BCUT2D eigenvalue weighted by molar-refractivity contribution is 0.233. The van der Waals surface area contributed by atoms with E-state index in [-0.39, 0.29) is 12.5 Å². The molecule has 1 unspecified atom stereocenters. The zero-order valence-electron chi connectivity index (χ0n) is 8.06. The van der Waals surface area contributed by atoms with Crippen LogP contribution in [0, 0.1) is 5.92 Å². The number of aliphatic hydroxyl groups excluding tert-OH is 1. The SMILES string of the molecule is CC(CO)CNCc1ncnn1C. The van der Waals surface area contributed by atoms with E-state index in [9.17, 15) is 0 Å². The Balaban J connectivity index is 2.24. The standard InChI is InChI=1S/C8H16N4O/c1-7(5-13)3-9-4-8-10-6-11-12(8)2/h6-7,9,13H,3-5H2,1-2H3. The van der Waals surface area contributed by atoms with Crippen molar-refractivity contribution in [2.24, 2.45) is 13.0 Å². The molecule has 0 aliphatic carbocycles. The number of aliphatic hydroxyl groups is 1. The summed E-state index contributed by atoms with van der Waals surface area (Å²) in [5.74, 6) is 1.19. The summed E-state index contributed by atoms with van der Waals surface area (Å²) in [5, 5.41) is 15.9. The summed E-state index contributed by atoms with van der Waals surface area (Å²) in [4.78, 5) is 4.07. The van der Waals surface area contributed by atoms with Gasteiger partial charge in [0.2, 0.25) is 0 Å². The average Bonchev–Trinajstić information content (AvgIpc) is 2.52. The quantitative estimate of drug-likeness (QED) is 0.649. The minimum Gasteiger partial charge on any atom is -0.396 e. The molecule has 0 radical (unpaired) electrons. The number of hydrogen-bond donors (Lipinski definition) is 2. The zero-order chi connectivity index (χ0) is 9.68. The Morgan fingerprint density at radius 2 is 2.46 bits per heavy atom. The van der Waals surface area contributed by atoms with Crippen LogP contribution in [0.3, 0.4) is 0 Å². The molecule has 1 heterocycles. The van der Waals surface area contributed by atoms with Crippen molar-refractivity contribution >= 4 is 0 Å². The van der Waals surface area contributed by atoms with Gasteiger partial charge in [0.1, 0.15) is 12.2 Å². The highest BCUT2D eigenvalue weighted by Gasteiger charge is 2.01. The number of nitrogens with zero attached hydrogens (tertiary/aromatic N) is 3. The second-order valence-corrected chi connectivity index (χ2v) is 3.22. The largest absolute Gasteiger partial charge is 0.396 e. The van der Waals surface area contributed by atoms with E-state index in [1.54, 1.807) is 4.68 Å². The molecule has 0 fully saturated rings. The summed E-state index contributed by atoms with van der Waals surface area (Å²) in [6.45, 7) is 3.69. The lowest BCUT2D eigenvalue weighted by atomic mass is 10.2. The first-order chi connectivity index (χ1) is 6.24. The van der Waals surface area contributed by atoms with E-state index in [4.69, 9.17) is 5.11 Å². The maximum absolute atomic E-state index is 8.77. The Morgan fingerprint density at radius 1 is 1.69 bits per heavy atom. The first kappa shape index (κ1) is 10.1. The minimum atomic E-state index is 0.214. The molecule has 0 aliphatic rings. The Kier molecular flexibility index (Phi) is 3.85.